The van der Waals surface area contributed by atoms with E-state index in [2.05, 4.69) is 0 Å². The van der Waals surface area contributed by atoms with E-state index in [-0.39, 0.29) is 12.8 Å². The van der Waals surface area contributed by atoms with Gasteiger partial charge in [-0.15, -0.1) is 0 Å². The van der Waals surface area contributed by atoms with Crippen molar-refractivity contribution in [3.8, 4) is 0 Å². The molecule has 0 aliphatic carbocycles. The van der Waals surface area contributed by atoms with Gasteiger partial charge in [-0.25, -0.2) is 0 Å². The second-order valence-corrected chi connectivity index (χ2v) is 5.27. The van der Waals surface area contributed by atoms with Crippen LogP contribution in [0.3, 0.4) is 0 Å². The van der Waals surface area contributed by atoms with Gasteiger partial charge in [0.2, 0.25) is 0 Å². The molecule has 0 radical (unpaired) electrons. The van der Waals surface area contributed by atoms with Gasteiger partial charge in [-0.2, -0.15) is 0 Å². The van der Waals surface area contributed by atoms with Crippen molar-refractivity contribution >= 4 is 11.9 Å². The first kappa shape index (κ1) is 15.8. The molecule has 2 aromatic rings. The molecule has 0 saturated heterocycles. The van der Waals surface area contributed by atoms with Crippen LogP contribution in [0.4, 0.5) is 0 Å². The number of hydrogen-bond donors (Lipinski definition) is 2. The Kier molecular flexibility index (Phi) is 5.31. The highest BCUT2D eigenvalue weighted by Crippen LogP contribution is 2.23. The largest absolute Gasteiger partial charge is 0.481 e. The summed E-state index contributed by atoms with van der Waals surface area (Å²) in [7, 11) is 0. The van der Waals surface area contributed by atoms with Crippen LogP contribution in [0.1, 0.15) is 11.1 Å². The zero-order chi connectivity index (χ0) is 15.9. The predicted octanol–water partition coefficient (Wildman–Crippen LogP) is 2.87. The number of carbonyl (C=O) groups is 2. The first-order valence-electron chi connectivity index (χ1n) is 7.11. The summed E-state index contributed by atoms with van der Waals surface area (Å²) in [5.74, 6) is -4.07. The van der Waals surface area contributed by atoms with Crippen LogP contribution < -0.4 is 0 Å². The van der Waals surface area contributed by atoms with Gasteiger partial charge in [0.15, 0.2) is 0 Å². The minimum atomic E-state index is -1.08. The monoisotopic (exact) mass is 298 g/mol. The highest BCUT2D eigenvalue weighted by molar-refractivity contribution is 5.80. The number of carboxylic acid groups (broad SMARTS) is 2. The molecule has 0 amide bonds. The van der Waals surface area contributed by atoms with Crippen molar-refractivity contribution in [1.82, 2.24) is 0 Å². The van der Waals surface area contributed by atoms with Gasteiger partial charge in [0, 0.05) is 0 Å². The molecule has 4 heteroatoms. The van der Waals surface area contributed by atoms with Crippen LogP contribution in [-0.4, -0.2) is 22.2 Å². The Bertz CT molecular complexity index is 565. The van der Waals surface area contributed by atoms with E-state index in [0.717, 1.165) is 11.1 Å². The zero-order valence-electron chi connectivity index (χ0n) is 12.1. The fraction of sp³-hybridized carbons (Fsp3) is 0.222. The van der Waals surface area contributed by atoms with Crippen molar-refractivity contribution in [2.45, 2.75) is 12.8 Å². The molecule has 4 nitrogen and oxygen atoms in total. The molecule has 2 rings (SSSR count). The van der Waals surface area contributed by atoms with Crippen molar-refractivity contribution in [3.63, 3.8) is 0 Å². The van der Waals surface area contributed by atoms with Gasteiger partial charge in [0.25, 0.3) is 0 Å². The number of rotatable bonds is 7. The third-order valence-electron chi connectivity index (χ3n) is 3.72. The molecule has 22 heavy (non-hydrogen) atoms. The smallest absolute Gasteiger partial charge is 0.307 e. The first-order valence-corrected chi connectivity index (χ1v) is 7.11. The molecular weight excluding hydrogens is 280 g/mol. The summed E-state index contributed by atoms with van der Waals surface area (Å²) in [5.41, 5.74) is 1.66. The lowest BCUT2D eigenvalue weighted by molar-refractivity contribution is -0.153. The Morgan fingerprint density at radius 2 is 1.00 bits per heavy atom. The van der Waals surface area contributed by atoms with Gasteiger partial charge >= 0.3 is 11.9 Å². The molecule has 0 saturated carbocycles. The van der Waals surface area contributed by atoms with E-state index in [1.54, 1.807) is 0 Å². The molecular formula is C18H18O4. The molecule has 0 spiro atoms. The maximum absolute atomic E-state index is 11.6. The topological polar surface area (TPSA) is 74.6 Å². The summed E-state index contributed by atoms with van der Waals surface area (Å²) in [6.45, 7) is 0. The average Bonchev–Trinajstić information content (AvgIpc) is 2.52. The summed E-state index contributed by atoms with van der Waals surface area (Å²) in [6.07, 6.45) is 0.417. The van der Waals surface area contributed by atoms with Crippen LogP contribution in [0.5, 0.6) is 0 Å². The second kappa shape index (κ2) is 7.41. The van der Waals surface area contributed by atoms with E-state index < -0.39 is 23.8 Å². The number of benzene rings is 2. The molecule has 0 aliphatic rings. The third kappa shape index (κ3) is 4.19. The fourth-order valence-electron chi connectivity index (χ4n) is 2.54. The second-order valence-electron chi connectivity index (χ2n) is 5.27. The van der Waals surface area contributed by atoms with Crippen molar-refractivity contribution in [1.29, 1.82) is 0 Å². The minimum Gasteiger partial charge on any atom is -0.481 e. The van der Waals surface area contributed by atoms with Crippen molar-refractivity contribution < 1.29 is 19.8 Å². The van der Waals surface area contributed by atoms with E-state index in [4.69, 9.17) is 0 Å². The highest BCUT2D eigenvalue weighted by Gasteiger charge is 2.33. The lowest BCUT2D eigenvalue weighted by Crippen LogP contribution is -2.33. The number of aliphatic carboxylic acids is 2. The Hall–Kier alpha value is -2.62. The summed E-state index contributed by atoms with van der Waals surface area (Å²) in [4.78, 5) is 23.2. The van der Waals surface area contributed by atoms with E-state index >= 15 is 0 Å². The SMILES string of the molecule is O=C(O)C(Cc1ccccc1)C(Cc1ccccc1)C(=O)O. The number of carboxylic acids is 2. The molecule has 2 atom stereocenters. The summed E-state index contributed by atoms with van der Waals surface area (Å²) >= 11 is 0. The van der Waals surface area contributed by atoms with Gasteiger partial charge in [-0.3, -0.25) is 9.59 Å². The average molecular weight is 298 g/mol. The molecule has 0 fully saturated rings. The quantitative estimate of drug-likeness (QED) is 0.824. The molecule has 0 heterocycles. The molecule has 2 aromatic carbocycles. The van der Waals surface area contributed by atoms with Gasteiger partial charge in [-0.05, 0) is 24.0 Å². The first-order chi connectivity index (χ1) is 10.6. The molecule has 114 valence electrons. The number of hydrogen-bond acceptors (Lipinski definition) is 2. The van der Waals surface area contributed by atoms with Crippen LogP contribution in [0, 0.1) is 11.8 Å². The van der Waals surface area contributed by atoms with E-state index in [9.17, 15) is 19.8 Å². The molecule has 0 aromatic heterocycles. The van der Waals surface area contributed by atoms with Gasteiger partial charge in [-0.1, -0.05) is 60.7 Å². The molecule has 2 unspecified atom stereocenters. The third-order valence-corrected chi connectivity index (χ3v) is 3.72. The lowest BCUT2D eigenvalue weighted by Gasteiger charge is -2.20. The van der Waals surface area contributed by atoms with E-state index in [0.29, 0.717) is 0 Å². The van der Waals surface area contributed by atoms with Crippen molar-refractivity contribution in [3.05, 3.63) is 71.8 Å². The Balaban J connectivity index is 2.22. The maximum Gasteiger partial charge on any atom is 0.307 e. The zero-order valence-corrected chi connectivity index (χ0v) is 12.1. The van der Waals surface area contributed by atoms with Crippen molar-refractivity contribution in [2.24, 2.45) is 11.8 Å². The van der Waals surface area contributed by atoms with Crippen molar-refractivity contribution in [2.75, 3.05) is 0 Å². The summed E-state index contributed by atoms with van der Waals surface area (Å²) in [5, 5.41) is 18.9. The standard InChI is InChI=1S/C18H18O4/c19-17(20)15(11-13-7-3-1-4-8-13)16(18(21)22)12-14-9-5-2-6-10-14/h1-10,15-16H,11-12H2,(H,19,20)(H,21,22). The minimum absolute atomic E-state index is 0.208. The van der Waals surface area contributed by atoms with E-state index in [1.165, 1.54) is 0 Å². The van der Waals surface area contributed by atoms with E-state index in [1.807, 2.05) is 60.7 Å². The van der Waals surface area contributed by atoms with Crippen LogP contribution in [0.15, 0.2) is 60.7 Å². The normalized spacial score (nSPS) is 13.3. The van der Waals surface area contributed by atoms with Gasteiger partial charge in [0.1, 0.15) is 0 Å². The van der Waals surface area contributed by atoms with Gasteiger partial charge in [0.05, 0.1) is 11.8 Å². The Morgan fingerprint density at radius 3 is 1.27 bits per heavy atom. The fourth-order valence-corrected chi connectivity index (χ4v) is 2.54. The van der Waals surface area contributed by atoms with Crippen LogP contribution in [0.25, 0.3) is 0 Å². The maximum atomic E-state index is 11.6. The molecule has 0 bridgehead atoms. The Labute approximate surface area is 129 Å². The lowest BCUT2D eigenvalue weighted by atomic mass is 9.83. The Morgan fingerprint density at radius 1 is 0.682 bits per heavy atom. The summed E-state index contributed by atoms with van der Waals surface area (Å²) in [6, 6.07) is 18.2. The predicted molar refractivity (Wildman–Crippen MR) is 82.5 cm³/mol. The van der Waals surface area contributed by atoms with Crippen LogP contribution in [0.2, 0.25) is 0 Å². The molecule has 2 N–H and O–H groups in total. The van der Waals surface area contributed by atoms with Crippen LogP contribution >= 0.6 is 0 Å². The highest BCUT2D eigenvalue weighted by atomic mass is 16.4. The van der Waals surface area contributed by atoms with Crippen LogP contribution in [-0.2, 0) is 22.4 Å². The van der Waals surface area contributed by atoms with Gasteiger partial charge < -0.3 is 10.2 Å². The molecule has 0 aliphatic heterocycles. The summed E-state index contributed by atoms with van der Waals surface area (Å²) < 4.78 is 0.